The molecule has 1 aliphatic heterocycles. The van der Waals surface area contributed by atoms with Crippen LogP contribution in [0.4, 0.5) is 0 Å². The largest absolute Gasteiger partial charge is 0.513 e. The summed E-state index contributed by atoms with van der Waals surface area (Å²) in [4.78, 5) is 0. The van der Waals surface area contributed by atoms with E-state index in [0.29, 0.717) is 19.6 Å². The molecule has 0 aliphatic carbocycles. The lowest BCUT2D eigenvalue weighted by Crippen LogP contribution is -2.07. The Bertz CT molecular complexity index is 105. The van der Waals surface area contributed by atoms with Crippen LogP contribution in [0.2, 0.25) is 0 Å². The summed E-state index contributed by atoms with van der Waals surface area (Å²) in [6.07, 6.45) is 0.127. The molecule has 0 aromatic carbocycles. The van der Waals surface area contributed by atoms with Crippen LogP contribution in [-0.2, 0) is 9.47 Å². The van der Waals surface area contributed by atoms with Crippen molar-refractivity contribution in [3.8, 4) is 0 Å². The fraction of sp³-hybridized carbons (Fsp3) is 0.667. The Balaban J connectivity index is 2.19. The molecule has 3 nitrogen and oxygen atoms in total. The summed E-state index contributed by atoms with van der Waals surface area (Å²) in [6.45, 7) is 4.56. The second kappa shape index (κ2) is 2.85. The summed E-state index contributed by atoms with van der Waals surface area (Å²) in [6, 6.07) is 0. The molecule has 0 aromatic rings. The lowest BCUT2D eigenvalue weighted by Gasteiger charge is -2.05. The van der Waals surface area contributed by atoms with Gasteiger partial charge in [0.2, 0.25) is 0 Å². The zero-order valence-electron chi connectivity index (χ0n) is 5.17. The first-order valence-corrected chi connectivity index (χ1v) is 2.89. The van der Waals surface area contributed by atoms with Crippen molar-refractivity contribution in [1.82, 2.24) is 0 Å². The van der Waals surface area contributed by atoms with E-state index in [0.717, 1.165) is 0 Å². The number of hydrogen-bond acceptors (Lipinski definition) is 3. The highest BCUT2D eigenvalue weighted by Gasteiger charge is 2.15. The van der Waals surface area contributed by atoms with Crippen LogP contribution in [0.15, 0.2) is 12.3 Å². The summed E-state index contributed by atoms with van der Waals surface area (Å²) in [7, 11) is 0. The van der Waals surface area contributed by atoms with Crippen molar-refractivity contribution in [3.05, 3.63) is 12.3 Å². The molecule has 3 heteroatoms. The second-order valence-corrected chi connectivity index (χ2v) is 1.94. The number of aliphatic hydroxyl groups excluding tert-OH is 1. The summed E-state index contributed by atoms with van der Waals surface area (Å²) < 4.78 is 10.0. The third kappa shape index (κ3) is 2.03. The predicted octanol–water partition coefficient (Wildman–Crippen LogP) is 0.821. The minimum Gasteiger partial charge on any atom is -0.513 e. The molecule has 1 aliphatic rings. The molecule has 0 aromatic heterocycles. The molecule has 52 valence electrons. The van der Waals surface area contributed by atoms with Gasteiger partial charge in [0.15, 0.2) is 6.29 Å². The van der Waals surface area contributed by atoms with Crippen molar-refractivity contribution in [2.45, 2.75) is 12.7 Å². The van der Waals surface area contributed by atoms with Crippen molar-refractivity contribution in [2.75, 3.05) is 13.2 Å². The smallest absolute Gasteiger partial charge is 0.164 e. The first-order valence-electron chi connectivity index (χ1n) is 2.89. The Kier molecular flexibility index (Phi) is 2.08. The topological polar surface area (TPSA) is 38.7 Å². The van der Waals surface area contributed by atoms with E-state index in [1.54, 1.807) is 0 Å². The summed E-state index contributed by atoms with van der Waals surface area (Å²) in [5.41, 5.74) is 0. The third-order valence-corrected chi connectivity index (χ3v) is 1.09. The summed E-state index contributed by atoms with van der Waals surface area (Å²) >= 11 is 0. The minimum absolute atomic E-state index is 0.113. The SMILES string of the molecule is C=C(O)CC1OCCO1. The molecule has 1 rings (SSSR count). The van der Waals surface area contributed by atoms with Crippen molar-refractivity contribution >= 4 is 0 Å². The van der Waals surface area contributed by atoms with Crippen molar-refractivity contribution in [1.29, 1.82) is 0 Å². The van der Waals surface area contributed by atoms with Crippen LogP contribution in [0.5, 0.6) is 0 Å². The normalized spacial score (nSPS) is 20.4. The van der Waals surface area contributed by atoms with Crippen molar-refractivity contribution in [3.63, 3.8) is 0 Å². The molecule has 0 unspecified atom stereocenters. The first kappa shape index (κ1) is 6.58. The molecule has 1 N–H and O–H groups in total. The van der Waals surface area contributed by atoms with Crippen molar-refractivity contribution in [2.24, 2.45) is 0 Å². The van der Waals surface area contributed by atoms with E-state index in [2.05, 4.69) is 6.58 Å². The molecule has 0 atom stereocenters. The van der Waals surface area contributed by atoms with E-state index < -0.39 is 0 Å². The van der Waals surface area contributed by atoms with Gasteiger partial charge in [-0.1, -0.05) is 6.58 Å². The molecule has 9 heavy (non-hydrogen) atoms. The predicted molar refractivity (Wildman–Crippen MR) is 32.1 cm³/mol. The quantitative estimate of drug-likeness (QED) is 0.562. The molecule has 0 amide bonds. The van der Waals surface area contributed by atoms with Gasteiger partial charge in [-0.25, -0.2) is 0 Å². The molecular formula is C6H10O3. The van der Waals surface area contributed by atoms with Crippen LogP contribution in [0.1, 0.15) is 6.42 Å². The summed E-state index contributed by atoms with van der Waals surface area (Å²) in [5.74, 6) is 0.113. The molecule has 0 bridgehead atoms. The monoisotopic (exact) mass is 130 g/mol. The Morgan fingerprint density at radius 2 is 2.11 bits per heavy atom. The van der Waals surface area contributed by atoms with E-state index in [-0.39, 0.29) is 12.0 Å². The average Bonchev–Trinajstić information content (AvgIpc) is 2.15. The fourth-order valence-electron chi connectivity index (χ4n) is 0.717. The molecule has 1 fully saturated rings. The van der Waals surface area contributed by atoms with E-state index in [1.165, 1.54) is 0 Å². The maximum atomic E-state index is 8.66. The lowest BCUT2D eigenvalue weighted by atomic mass is 10.4. The van der Waals surface area contributed by atoms with Gasteiger partial charge in [0, 0.05) is 0 Å². The molecule has 1 heterocycles. The zero-order valence-corrected chi connectivity index (χ0v) is 5.17. The zero-order chi connectivity index (χ0) is 6.69. The highest BCUT2D eigenvalue weighted by Crippen LogP contribution is 2.10. The van der Waals surface area contributed by atoms with Crippen LogP contribution in [0, 0.1) is 0 Å². The average molecular weight is 130 g/mol. The lowest BCUT2D eigenvalue weighted by molar-refractivity contribution is -0.0454. The standard InChI is InChI=1S/C6H10O3/c1-5(7)4-6-8-2-3-9-6/h6-7H,1-4H2. The van der Waals surface area contributed by atoms with E-state index in [9.17, 15) is 0 Å². The number of ether oxygens (including phenoxy) is 2. The highest BCUT2D eigenvalue weighted by molar-refractivity contribution is 4.80. The molecule has 0 saturated carbocycles. The van der Waals surface area contributed by atoms with Crippen LogP contribution in [0.3, 0.4) is 0 Å². The van der Waals surface area contributed by atoms with Gasteiger partial charge in [-0.2, -0.15) is 0 Å². The Hall–Kier alpha value is -0.540. The van der Waals surface area contributed by atoms with Crippen molar-refractivity contribution < 1.29 is 14.6 Å². The maximum absolute atomic E-state index is 8.66. The molecule has 0 spiro atoms. The third-order valence-electron chi connectivity index (χ3n) is 1.09. The Labute approximate surface area is 53.9 Å². The van der Waals surface area contributed by atoms with Gasteiger partial charge in [-0.15, -0.1) is 0 Å². The van der Waals surface area contributed by atoms with Gasteiger partial charge in [0.25, 0.3) is 0 Å². The first-order chi connectivity index (χ1) is 4.29. The van der Waals surface area contributed by atoms with E-state index in [1.807, 2.05) is 0 Å². The molecular weight excluding hydrogens is 120 g/mol. The Morgan fingerprint density at radius 1 is 1.56 bits per heavy atom. The molecule has 1 saturated heterocycles. The van der Waals surface area contributed by atoms with Crippen LogP contribution in [-0.4, -0.2) is 24.6 Å². The van der Waals surface area contributed by atoms with Gasteiger partial charge in [0.1, 0.15) is 0 Å². The highest BCUT2D eigenvalue weighted by atomic mass is 16.7. The van der Waals surface area contributed by atoms with Gasteiger partial charge in [-0.3, -0.25) is 0 Å². The van der Waals surface area contributed by atoms with E-state index >= 15 is 0 Å². The van der Waals surface area contributed by atoms with Gasteiger partial charge < -0.3 is 14.6 Å². The van der Waals surface area contributed by atoms with Crippen LogP contribution < -0.4 is 0 Å². The maximum Gasteiger partial charge on any atom is 0.164 e. The van der Waals surface area contributed by atoms with Gasteiger partial charge in [0.05, 0.1) is 25.4 Å². The number of aliphatic hydroxyl groups is 1. The number of hydrogen-bond donors (Lipinski definition) is 1. The van der Waals surface area contributed by atoms with E-state index in [4.69, 9.17) is 14.6 Å². The number of rotatable bonds is 2. The molecule has 0 radical (unpaired) electrons. The van der Waals surface area contributed by atoms with Crippen LogP contribution >= 0.6 is 0 Å². The van der Waals surface area contributed by atoms with Gasteiger partial charge in [-0.05, 0) is 0 Å². The fourth-order valence-corrected chi connectivity index (χ4v) is 0.717. The van der Waals surface area contributed by atoms with Gasteiger partial charge >= 0.3 is 0 Å². The second-order valence-electron chi connectivity index (χ2n) is 1.94. The minimum atomic E-state index is -0.262. The summed E-state index contributed by atoms with van der Waals surface area (Å²) in [5, 5.41) is 8.66. The Morgan fingerprint density at radius 3 is 2.56 bits per heavy atom. The van der Waals surface area contributed by atoms with Crippen LogP contribution in [0.25, 0.3) is 0 Å².